The minimum absolute atomic E-state index is 0.612. The lowest BCUT2D eigenvalue weighted by atomic mass is 10.0. The lowest BCUT2D eigenvalue weighted by molar-refractivity contribution is 0.0546. The molecule has 0 unspecified atom stereocenters. The Morgan fingerprint density at radius 2 is 2.05 bits per heavy atom. The summed E-state index contributed by atoms with van der Waals surface area (Å²) in [6.45, 7) is 6.53. The summed E-state index contributed by atoms with van der Waals surface area (Å²) in [6.07, 6.45) is 13.7. The van der Waals surface area contributed by atoms with Crippen molar-refractivity contribution in [1.82, 2.24) is 10.2 Å². The first-order valence-electron chi connectivity index (χ1n) is 7.06. The van der Waals surface area contributed by atoms with Crippen molar-refractivity contribution in [3.8, 4) is 0 Å². The highest BCUT2D eigenvalue weighted by Gasteiger charge is 2.26. The van der Waals surface area contributed by atoms with Gasteiger partial charge in [0.1, 0.15) is 0 Å². The van der Waals surface area contributed by atoms with E-state index >= 15 is 0 Å². The summed E-state index contributed by atoms with van der Waals surface area (Å²) in [5, 5.41) is 13.4. The molecule has 0 aromatic rings. The molecule has 2 rings (SSSR count). The van der Waals surface area contributed by atoms with Gasteiger partial charge in [-0.15, -0.1) is 0 Å². The van der Waals surface area contributed by atoms with E-state index in [-0.39, 0.29) is 0 Å². The molecular weight excluding hydrogens is 236 g/mol. The molecule has 104 valence electrons. The van der Waals surface area contributed by atoms with Crippen LogP contribution in [0.15, 0.2) is 47.6 Å². The van der Waals surface area contributed by atoms with Crippen molar-refractivity contribution < 1.29 is 5.11 Å². The van der Waals surface area contributed by atoms with Crippen LogP contribution < -0.4 is 5.32 Å². The Bertz CT molecular complexity index is 450. The van der Waals surface area contributed by atoms with Gasteiger partial charge in [0.25, 0.3) is 0 Å². The second-order valence-electron chi connectivity index (χ2n) is 5.80. The van der Waals surface area contributed by atoms with Crippen molar-refractivity contribution >= 4 is 0 Å². The normalized spacial score (nSPS) is 18.3. The van der Waals surface area contributed by atoms with Crippen molar-refractivity contribution in [2.24, 2.45) is 0 Å². The van der Waals surface area contributed by atoms with Crippen LogP contribution in [0.25, 0.3) is 0 Å². The molecule has 0 bridgehead atoms. The average Bonchev–Trinajstić information content (AvgIpc) is 2.36. The first-order chi connectivity index (χ1) is 9.01. The summed E-state index contributed by atoms with van der Waals surface area (Å²) in [5.41, 5.74) is 2.83. The zero-order valence-corrected chi connectivity index (χ0v) is 12.1. The number of aliphatic hydroxyl groups is 1. The number of nitrogens with one attached hydrogen (secondary N) is 1. The molecular formula is C16H24N2O. The standard InChI is InChI=1S/C16H24N2O/c1-4-5-7-13-9-10-14-15(8-6-11-17-14)18(13)12-16(2,3)19/h6,8-11,17,19H,4-5,7,12H2,1-3H3. The van der Waals surface area contributed by atoms with E-state index in [2.05, 4.69) is 35.4 Å². The lowest BCUT2D eigenvalue weighted by Crippen LogP contribution is -2.40. The largest absolute Gasteiger partial charge is 0.389 e. The number of hydrogen-bond donors (Lipinski definition) is 2. The lowest BCUT2D eigenvalue weighted by Gasteiger charge is -2.38. The number of β-amino-alcohol motifs (C(OH)–C–C–N with tert-alkyl or cyclic N) is 1. The molecule has 3 heteroatoms. The van der Waals surface area contributed by atoms with Gasteiger partial charge in [-0.1, -0.05) is 13.3 Å². The maximum absolute atomic E-state index is 10.1. The van der Waals surface area contributed by atoms with Crippen LogP contribution in [0.4, 0.5) is 0 Å². The predicted octanol–water partition coefficient (Wildman–Crippen LogP) is 3.03. The van der Waals surface area contributed by atoms with E-state index in [1.807, 2.05) is 26.1 Å². The van der Waals surface area contributed by atoms with E-state index < -0.39 is 5.60 Å². The molecule has 2 aliphatic heterocycles. The molecule has 2 heterocycles. The third-order valence-corrected chi connectivity index (χ3v) is 3.28. The molecule has 0 spiro atoms. The van der Waals surface area contributed by atoms with Crippen LogP contribution in [-0.4, -0.2) is 22.2 Å². The van der Waals surface area contributed by atoms with Crippen LogP contribution in [-0.2, 0) is 0 Å². The summed E-state index contributed by atoms with van der Waals surface area (Å²) in [5.74, 6) is 0. The summed E-state index contributed by atoms with van der Waals surface area (Å²) in [6, 6.07) is 0. The van der Waals surface area contributed by atoms with Gasteiger partial charge >= 0.3 is 0 Å². The van der Waals surface area contributed by atoms with Crippen LogP contribution in [0, 0.1) is 0 Å². The van der Waals surface area contributed by atoms with Gasteiger partial charge in [-0.3, -0.25) is 0 Å². The molecule has 2 aliphatic rings. The van der Waals surface area contributed by atoms with Gasteiger partial charge in [-0.05, 0) is 51.0 Å². The monoisotopic (exact) mass is 260 g/mol. The number of hydrogen-bond acceptors (Lipinski definition) is 3. The highest BCUT2D eigenvalue weighted by Crippen LogP contribution is 2.30. The van der Waals surface area contributed by atoms with Crippen molar-refractivity contribution in [3.05, 3.63) is 47.6 Å². The van der Waals surface area contributed by atoms with Crippen LogP contribution in [0.1, 0.15) is 40.0 Å². The van der Waals surface area contributed by atoms with E-state index in [4.69, 9.17) is 0 Å². The van der Waals surface area contributed by atoms with Crippen LogP contribution in [0.5, 0.6) is 0 Å². The number of rotatable bonds is 5. The van der Waals surface area contributed by atoms with Crippen LogP contribution in [0.3, 0.4) is 0 Å². The third-order valence-electron chi connectivity index (χ3n) is 3.28. The number of fused-ring (bicyclic) bond motifs is 1. The maximum Gasteiger partial charge on any atom is 0.0770 e. The highest BCUT2D eigenvalue weighted by molar-refractivity contribution is 5.44. The van der Waals surface area contributed by atoms with Gasteiger partial charge in [-0.2, -0.15) is 0 Å². The minimum Gasteiger partial charge on any atom is -0.389 e. The molecule has 0 saturated heterocycles. The first kappa shape index (κ1) is 13.9. The predicted molar refractivity (Wildman–Crippen MR) is 79.1 cm³/mol. The molecule has 0 aromatic carbocycles. The van der Waals surface area contributed by atoms with E-state index in [1.165, 1.54) is 18.5 Å². The first-order valence-corrected chi connectivity index (χ1v) is 7.06. The molecule has 0 fully saturated rings. The SMILES string of the molecule is CCCCC1=CC=C2NC=CC=C2N1CC(C)(C)O. The van der Waals surface area contributed by atoms with Crippen molar-refractivity contribution in [1.29, 1.82) is 0 Å². The quantitative estimate of drug-likeness (QED) is 0.797. The Morgan fingerprint density at radius 1 is 1.26 bits per heavy atom. The van der Waals surface area contributed by atoms with Gasteiger partial charge in [-0.25, -0.2) is 0 Å². The van der Waals surface area contributed by atoms with Crippen LogP contribution >= 0.6 is 0 Å². The Kier molecular flexibility index (Phi) is 4.15. The van der Waals surface area contributed by atoms with E-state index in [0.717, 1.165) is 17.8 Å². The van der Waals surface area contributed by atoms with E-state index in [0.29, 0.717) is 6.54 Å². The second-order valence-corrected chi connectivity index (χ2v) is 5.80. The number of allylic oxidation sites excluding steroid dienone is 5. The van der Waals surface area contributed by atoms with Crippen LogP contribution in [0.2, 0.25) is 0 Å². The molecule has 0 aliphatic carbocycles. The average molecular weight is 260 g/mol. The van der Waals surface area contributed by atoms with Gasteiger partial charge in [0, 0.05) is 11.9 Å². The second kappa shape index (κ2) is 5.66. The van der Waals surface area contributed by atoms with Crippen molar-refractivity contribution in [2.75, 3.05) is 6.54 Å². The Morgan fingerprint density at radius 3 is 2.74 bits per heavy atom. The highest BCUT2D eigenvalue weighted by atomic mass is 16.3. The summed E-state index contributed by atoms with van der Waals surface area (Å²) in [7, 11) is 0. The Balaban J connectivity index is 2.25. The fraction of sp³-hybridized carbons (Fsp3) is 0.500. The Hall–Kier alpha value is -1.48. The molecule has 0 radical (unpaired) electrons. The molecule has 0 atom stereocenters. The van der Waals surface area contributed by atoms with Crippen molar-refractivity contribution in [2.45, 2.75) is 45.6 Å². The Labute approximate surface area is 116 Å². The molecule has 0 amide bonds. The molecule has 3 nitrogen and oxygen atoms in total. The number of dihydropyridines is 1. The van der Waals surface area contributed by atoms with E-state index in [1.54, 1.807) is 0 Å². The fourth-order valence-electron chi connectivity index (χ4n) is 2.38. The molecule has 19 heavy (non-hydrogen) atoms. The van der Waals surface area contributed by atoms with Crippen molar-refractivity contribution in [3.63, 3.8) is 0 Å². The molecule has 0 saturated carbocycles. The topological polar surface area (TPSA) is 35.5 Å². The van der Waals surface area contributed by atoms with E-state index in [9.17, 15) is 5.11 Å². The third kappa shape index (κ3) is 3.51. The maximum atomic E-state index is 10.1. The van der Waals surface area contributed by atoms with Gasteiger partial charge in [0.2, 0.25) is 0 Å². The fourth-order valence-corrected chi connectivity index (χ4v) is 2.38. The van der Waals surface area contributed by atoms with Gasteiger partial charge < -0.3 is 15.3 Å². The van der Waals surface area contributed by atoms with Gasteiger partial charge in [0.15, 0.2) is 0 Å². The summed E-state index contributed by atoms with van der Waals surface area (Å²) >= 11 is 0. The zero-order chi connectivity index (χ0) is 13.9. The number of unbranched alkanes of at least 4 members (excludes halogenated alkanes) is 1. The molecule has 0 aromatic heterocycles. The minimum atomic E-state index is -0.713. The number of nitrogens with zero attached hydrogens (tertiary/aromatic N) is 1. The van der Waals surface area contributed by atoms with Gasteiger partial charge in [0.05, 0.1) is 23.5 Å². The summed E-state index contributed by atoms with van der Waals surface area (Å²) < 4.78 is 0. The smallest absolute Gasteiger partial charge is 0.0770 e. The summed E-state index contributed by atoms with van der Waals surface area (Å²) in [4.78, 5) is 2.24. The molecule has 2 N–H and O–H groups in total. The zero-order valence-electron chi connectivity index (χ0n) is 12.1.